The summed E-state index contributed by atoms with van der Waals surface area (Å²) in [5.74, 6) is 0.153. The molecule has 0 radical (unpaired) electrons. The molecule has 2 rings (SSSR count). The number of hydrogen-bond donors (Lipinski definition) is 1. The highest BCUT2D eigenvalue weighted by Crippen LogP contribution is 2.26. The number of likely N-dealkylation sites (N-methyl/N-ethyl adjacent to an activating group) is 1. The van der Waals surface area contributed by atoms with Gasteiger partial charge in [-0.2, -0.15) is 0 Å². The molecule has 104 valence electrons. The number of anilines is 1. The van der Waals surface area contributed by atoms with E-state index >= 15 is 0 Å². The van der Waals surface area contributed by atoms with Gasteiger partial charge in [-0.05, 0) is 24.2 Å². The third-order valence-corrected chi connectivity index (χ3v) is 3.65. The fourth-order valence-corrected chi connectivity index (χ4v) is 2.37. The van der Waals surface area contributed by atoms with Gasteiger partial charge < -0.3 is 15.1 Å². The molecule has 0 unspecified atom stereocenters. The second-order valence-electron chi connectivity index (χ2n) is 4.79. The maximum Gasteiger partial charge on any atom is 0.241 e. The zero-order valence-electron chi connectivity index (χ0n) is 11.4. The average molecular weight is 282 g/mol. The molecule has 1 aliphatic rings. The van der Waals surface area contributed by atoms with Crippen molar-refractivity contribution < 1.29 is 4.79 Å². The van der Waals surface area contributed by atoms with E-state index in [9.17, 15) is 4.79 Å². The van der Waals surface area contributed by atoms with Crippen molar-refractivity contribution >= 4 is 23.2 Å². The van der Waals surface area contributed by atoms with Crippen LogP contribution in [0.15, 0.2) is 18.2 Å². The second-order valence-corrected chi connectivity index (χ2v) is 5.23. The number of piperazine rings is 1. The van der Waals surface area contributed by atoms with Gasteiger partial charge in [-0.25, -0.2) is 0 Å². The number of benzene rings is 1. The Morgan fingerprint density at radius 2 is 2.16 bits per heavy atom. The highest BCUT2D eigenvalue weighted by atomic mass is 35.5. The summed E-state index contributed by atoms with van der Waals surface area (Å²) in [4.78, 5) is 15.7. The molecule has 1 amide bonds. The van der Waals surface area contributed by atoms with Crippen molar-refractivity contribution in [1.29, 1.82) is 0 Å². The molecule has 0 aliphatic carbocycles. The van der Waals surface area contributed by atoms with E-state index in [4.69, 9.17) is 11.6 Å². The molecule has 5 heteroatoms. The van der Waals surface area contributed by atoms with Crippen LogP contribution in [0.3, 0.4) is 0 Å². The van der Waals surface area contributed by atoms with Gasteiger partial charge in [0.2, 0.25) is 5.91 Å². The van der Waals surface area contributed by atoms with Crippen molar-refractivity contribution in [2.24, 2.45) is 0 Å². The standard InChI is InChI=1S/C14H20ClN3O/c1-3-16-9-11-4-5-12(15)8-13(11)18-7-6-17(2)14(19)10-18/h4-5,8,16H,3,6-7,9-10H2,1-2H3. The first kappa shape index (κ1) is 14.2. The van der Waals surface area contributed by atoms with Gasteiger partial charge in [0.1, 0.15) is 0 Å². The third kappa shape index (κ3) is 3.39. The molecule has 0 bridgehead atoms. The smallest absolute Gasteiger partial charge is 0.241 e. The monoisotopic (exact) mass is 281 g/mol. The molecule has 1 aliphatic heterocycles. The molecular weight excluding hydrogens is 262 g/mol. The van der Waals surface area contributed by atoms with Crippen molar-refractivity contribution in [2.75, 3.05) is 38.1 Å². The van der Waals surface area contributed by atoms with Gasteiger partial charge in [0.25, 0.3) is 0 Å². The van der Waals surface area contributed by atoms with Gasteiger partial charge in [-0.3, -0.25) is 4.79 Å². The number of halogens is 1. The molecule has 0 saturated carbocycles. The summed E-state index contributed by atoms with van der Waals surface area (Å²) in [5, 5.41) is 4.03. The van der Waals surface area contributed by atoms with E-state index in [1.807, 2.05) is 25.2 Å². The molecule has 0 atom stereocenters. The maximum atomic E-state index is 11.8. The van der Waals surface area contributed by atoms with Crippen LogP contribution in [0, 0.1) is 0 Å². The Bertz CT molecular complexity index is 464. The summed E-state index contributed by atoms with van der Waals surface area (Å²) in [6, 6.07) is 5.88. The van der Waals surface area contributed by atoms with Crippen LogP contribution in [0.5, 0.6) is 0 Å². The molecule has 1 aromatic rings. The van der Waals surface area contributed by atoms with E-state index < -0.39 is 0 Å². The molecule has 1 aromatic carbocycles. The fourth-order valence-electron chi connectivity index (χ4n) is 2.20. The number of nitrogens with one attached hydrogen (secondary N) is 1. The van der Waals surface area contributed by atoms with Crippen LogP contribution in [0.2, 0.25) is 5.02 Å². The van der Waals surface area contributed by atoms with Crippen LogP contribution in [-0.2, 0) is 11.3 Å². The minimum Gasteiger partial charge on any atom is -0.360 e. The molecule has 0 aromatic heterocycles. The third-order valence-electron chi connectivity index (χ3n) is 3.41. The Hall–Kier alpha value is -1.26. The summed E-state index contributed by atoms with van der Waals surface area (Å²) in [6.07, 6.45) is 0. The summed E-state index contributed by atoms with van der Waals surface area (Å²) in [7, 11) is 1.84. The molecule has 0 spiro atoms. The maximum absolute atomic E-state index is 11.8. The molecule has 19 heavy (non-hydrogen) atoms. The normalized spacial score (nSPS) is 16.1. The van der Waals surface area contributed by atoms with Crippen LogP contribution in [-0.4, -0.2) is 44.0 Å². The molecule has 1 N–H and O–H groups in total. The lowest BCUT2D eigenvalue weighted by Crippen LogP contribution is -2.48. The first-order chi connectivity index (χ1) is 9.11. The lowest BCUT2D eigenvalue weighted by atomic mass is 10.1. The Morgan fingerprint density at radius 3 is 2.84 bits per heavy atom. The van der Waals surface area contributed by atoms with Gasteiger partial charge in [0.15, 0.2) is 0 Å². The Kier molecular flexibility index (Phi) is 4.66. The lowest BCUT2D eigenvalue weighted by Gasteiger charge is -2.34. The number of rotatable bonds is 4. The van der Waals surface area contributed by atoms with E-state index in [-0.39, 0.29) is 5.91 Å². The summed E-state index contributed by atoms with van der Waals surface area (Å²) in [6.45, 7) is 5.83. The number of carbonyl (C=O) groups is 1. The fraction of sp³-hybridized carbons (Fsp3) is 0.500. The Morgan fingerprint density at radius 1 is 1.37 bits per heavy atom. The van der Waals surface area contributed by atoms with Crippen molar-refractivity contribution in [3.05, 3.63) is 28.8 Å². The van der Waals surface area contributed by atoms with Crippen molar-refractivity contribution in [1.82, 2.24) is 10.2 Å². The zero-order valence-corrected chi connectivity index (χ0v) is 12.2. The summed E-state index contributed by atoms with van der Waals surface area (Å²) in [5.41, 5.74) is 2.25. The van der Waals surface area contributed by atoms with E-state index in [1.54, 1.807) is 4.90 Å². The van der Waals surface area contributed by atoms with Crippen LogP contribution in [0.25, 0.3) is 0 Å². The van der Waals surface area contributed by atoms with E-state index in [0.29, 0.717) is 11.6 Å². The molecular formula is C14H20ClN3O. The van der Waals surface area contributed by atoms with Crippen molar-refractivity contribution in [3.63, 3.8) is 0 Å². The van der Waals surface area contributed by atoms with Gasteiger partial charge in [-0.1, -0.05) is 24.6 Å². The van der Waals surface area contributed by atoms with Gasteiger partial charge >= 0.3 is 0 Å². The lowest BCUT2D eigenvalue weighted by molar-refractivity contribution is -0.129. The topological polar surface area (TPSA) is 35.6 Å². The number of hydrogen-bond acceptors (Lipinski definition) is 3. The molecule has 4 nitrogen and oxygen atoms in total. The van der Waals surface area contributed by atoms with Gasteiger partial charge in [0.05, 0.1) is 6.54 Å². The van der Waals surface area contributed by atoms with Crippen LogP contribution >= 0.6 is 11.6 Å². The number of amides is 1. The van der Waals surface area contributed by atoms with Gasteiger partial charge in [0, 0.05) is 37.4 Å². The van der Waals surface area contributed by atoms with Crippen molar-refractivity contribution in [2.45, 2.75) is 13.5 Å². The van der Waals surface area contributed by atoms with Crippen LogP contribution < -0.4 is 10.2 Å². The number of nitrogens with zero attached hydrogens (tertiary/aromatic N) is 2. The molecule has 1 saturated heterocycles. The Labute approximate surface area is 119 Å². The minimum atomic E-state index is 0.153. The van der Waals surface area contributed by atoms with E-state index in [0.717, 1.165) is 31.9 Å². The van der Waals surface area contributed by atoms with Gasteiger partial charge in [-0.15, -0.1) is 0 Å². The first-order valence-electron chi connectivity index (χ1n) is 6.60. The van der Waals surface area contributed by atoms with E-state index in [2.05, 4.69) is 17.1 Å². The zero-order chi connectivity index (χ0) is 13.8. The largest absolute Gasteiger partial charge is 0.360 e. The van der Waals surface area contributed by atoms with Crippen LogP contribution in [0.4, 0.5) is 5.69 Å². The highest BCUT2D eigenvalue weighted by molar-refractivity contribution is 6.30. The quantitative estimate of drug-likeness (QED) is 0.913. The summed E-state index contributed by atoms with van der Waals surface area (Å²) >= 11 is 6.09. The minimum absolute atomic E-state index is 0.153. The molecule has 1 heterocycles. The average Bonchev–Trinajstić information content (AvgIpc) is 2.40. The number of carbonyl (C=O) groups excluding carboxylic acids is 1. The first-order valence-corrected chi connectivity index (χ1v) is 6.97. The predicted octanol–water partition coefficient (Wildman–Crippen LogP) is 1.73. The van der Waals surface area contributed by atoms with Crippen molar-refractivity contribution in [3.8, 4) is 0 Å². The summed E-state index contributed by atoms with van der Waals surface area (Å²) < 4.78 is 0. The molecule has 1 fully saturated rings. The Balaban J connectivity index is 2.22. The van der Waals surface area contributed by atoms with E-state index in [1.165, 1.54) is 5.56 Å². The SMILES string of the molecule is CCNCc1ccc(Cl)cc1N1CCN(C)C(=O)C1. The highest BCUT2D eigenvalue weighted by Gasteiger charge is 2.22. The van der Waals surface area contributed by atoms with Crippen LogP contribution in [0.1, 0.15) is 12.5 Å². The predicted molar refractivity (Wildman–Crippen MR) is 78.7 cm³/mol. The second kappa shape index (κ2) is 6.26.